The molecule has 0 aliphatic carbocycles. The van der Waals surface area contributed by atoms with Gasteiger partial charge in [0, 0.05) is 11.8 Å². The van der Waals surface area contributed by atoms with Gasteiger partial charge in [-0.2, -0.15) is 5.26 Å². The van der Waals surface area contributed by atoms with Gasteiger partial charge in [0.25, 0.3) is 0 Å². The first-order valence-corrected chi connectivity index (χ1v) is 6.45. The predicted molar refractivity (Wildman–Crippen MR) is 83.1 cm³/mol. The molecule has 0 unspecified atom stereocenters. The maximum absolute atomic E-state index is 11.2. The standard InChI is InChI=1S/C17H14N2O3/c1-3-17(20)19-13-5-7-14(8-6-13)22-15-9-4-12(11-18)10-16(15)21-2/h3-10H,1H2,2H3,(H,19,20). The summed E-state index contributed by atoms with van der Waals surface area (Å²) in [7, 11) is 1.51. The summed E-state index contributed by atoms with van der Waals surface area (Å²) < 4.78 is 10.9. The lowest BCUT2D eigenvalue weighted by molar-refractivity contribution is -0.111. The highest BCUT2D eigenvalue weighted by molar-refractivity contribution is 5.98. The minimum Gasteiger partial charge on any atom is -0.493 e. The van der Waals surface area contributed by atoms with E-state index < -0.39 is 0 Å². The molecule has 0 aliphatic heterocycles. The zero-order valence-electron chi connectivity index (χ0n) is 12.0. The quantitative estimate of drug-likeness (QED) is 0.857. The first kappa shape index (κ1) is 15.1. The lowest BCUT2D eigenvalue weighted by atomic mass is 10.2. The van der Waals surface area contributed by atoms with E-state index in [1.165, 1.54) is 13.2 Å². The minimum absolute atomic E-state index is 0.276. The smallest absolute Gasteiger partial charge is 0.247 e. The number of anilines is 1. The molecule has 5 heteroatoms. The van der Waals surface area contributed by atoms with Gasteiger partial charge >= 0.3 is 0 Å². The van der Waals surface area contributed by atoms with Crippen LogP contribution in [0.3, 0.4) is 0 Å². The van der Waals surface area contributed by atoms with Crippen molar-refractivity contribution < 1.29 is 14.3 Å². The van der Waals surface area contributed by atoms with Gasteiger partial charge in [-0.05, 0) is 42.5 Å². The van der Waals surface area contributed by atoms with Crippen molar-refractivity contribution in [1.29, 1.82) is 5.26 Å². The zero-order chi connectivity index (χ0) is 15.9. The van der Waals surface area contributed by atoms with E-state index in [1.54, 1.807) is 42.5 Å². The van der Waals surface area contributed by atoms with Crippen LogP contribution in [0.5, 0.6) is 17.2 Å². The molecule has 2 aromatic rings. The Hall–Kier alpha value is -3.26. The second kappa shape index (κ2) is 6.95. The molecule has 2 aromatic carbocycles. The molecule has 0 aromatic heterocycles. The van der Waals surface area contributed by atoms with E-state index >= 15 is 0 Å². The second-order valence-corrected chi connectivity index (χ2v) is 4.30. The number of benzene rings is 2. The Balaban J connectivity index is 2.16. The Labute approximate surface area is 128 Å². The second-order valence-electron chi connectivity index (χ2n) is 4.30. The fourth-order valence-electron chi connectivity index (χ4n) is 1.75. The van der Waals surface area contributed by atoms with E-state index in [2.05, 4.69) is 11.9 Å². The Morgan fingerprint density at radius 2 is 1.95 bits per heavy atom. The first-order valence-electron chi connectivity index (χ1n) is 6.45. The van der Waals surface area contributed by atoms with Crippen LogP contribution in [0.4, 0.5) is 5.69 Å². The molecule has 2 rings (SSSR count). The number of methoxy groups -OCH3 is 1. The monoisotopic (exact) mass is 294 g/mol. The van der Waals surface area contributed by atoms with Crippen LogP contribution in [0, 0.1) is 11.3 Å². The van der Waals surface area contributed by atoms with Crippen molar-refractivity contribution in [2.45, 2.75) is 0 Å². The molecular weight excluding hydrogens is 280 g/mol. The largest absolute Gasteiger partial charge is 0.493 e. The Morgan fingerprint density at radius 3 is 2.55 bits per heavy atom. The summed E-state index contributed by atoms with van der Waals surface area (Å²) in [6.07, 6.45) is 1.20. The molecule has 0 saturated carbocycles. The number of nitrogens with zero attached hydrogens (tertiary/aromatic N) is 1. The number of carbonyl (C=O) groups is 1. The average Bonchev–Trinajstić information content (AvgIpc) is 2.56. The summed E-state index contributed by atoms with van der Waals surface area (Å²) in [5.41, 5.74) is 1.13. The summed E-state index contributed by atoms with van der Waals surface area (Å²) in [5.74, 6) is 1.29. The minimum atomic E-state index is -0.276. The molecule has 0 atom stereocenters. The number of amides is 1. The lowest BCUT2D eigenvalue weighted by Gasteiger charge is -2.11. The molecule has 1 amide bonds. The van der Waals surface area contributed by atoms with Crippen molar-refractivity contribution in [1.82, 2.24) is 0 Å². The van der Waals surface area contributed by atoms with E-state index in [9.17, 15) is 4.79 Å². The van der Waals surface area contributed by atoms with Crippen molar-refractivity contribution in [2.75, 3.05) is 12.4 Å². The molecular formula is C17H14N2O3. The number of ether oxygens (including phenoxy) is 2. The SMILES string of the molecule is C=CC(=O)Nc1ccc(Oc2ccc(C#N)cc2OC)cc1. The van der Waals surface area contributed by atoms with Gasteiger partial charge in [-0.3, -0.25) is 4.79 Å². The molecule has 110 valence electrons. The van der Waals surface area contributed by atoms with E-state index in [1.807, 2.05) is 6.07 Å². The van der Waals surface area contributed by atoms with Crippen molar-refractivity contribution in [2.24, 2.45) is 0 Å². The topological polar surface area (TPSA) is 71.3 Å². The number of carbonyl (C=O) groups excluding carboxylic acids is 1. The maximum atomic E-state index is 11.2. The van der Waals surface area contributed by atoms with Crippen molar-refractivity contribution in [3.63, 3.8) is 0 Å². The number of rotatable bonds is 5. The summed E-state index contributed by atoms with van der Waals surface area (Å²) in [6.45, 7) is 3.39. The Bertz CT molecular complexity index is 731. The van der Waals surface area contributed by atoms with Crippen LogP contribution in [-0.2, 0) is 4.79 Å². The van der Waals surface area contributed by atoms with E-state index in [0.29, 0.717) is 28.5 Å². The van der Waals surface area contributed by atoms with Gasteiger partial charge in [-0.25, -0.2) is 0 Å². The summed E-state index contributed by atoms with van der Waals surface area (Å²) in [4.78, 5) is 11.2. The van der Waals surface area contributed by atoms with E-state index in [0.717, 1.165) is 0 Å². The number of hydrogen-bond acceptors (Lipinski definition) is 4. The van der Waals surface area contributed by atoms with Crippen molar-refractivity contribution in [3.05, 3.63) is 60.7 Å². The maximum Gasteiger partial charge on any atom is 0.247 e. The third-order valence-electron chi connectivity index (χ3n) is 2.83. The molecule has 0 saturated heterocycles. The van der Waals surface area contributed by atoms with Gasteiger partial charge in [0.15, 0.2) is 11.5 Å². The molecule has 0 fully saturated rings. The van der Waals surface area contributed by atoms with Crippen LogP contribution in [0.2, 0.25) is 0 Å². The van der Waals surface area contributed by atoms with Gasteiger partial charge in [-0.1, -0.05) is 6.58 Å². The van der Waals surface area contributed by atoms with Crippen LogP contribution in [0.1, 0.15) is 5.56 Å². The van der Waals surface area contributed by atoms with Crippen LogP contribution < -0.4 is 14.8 Å². The van der Waals surface area contributed by atoms with E-state index in [-0.39, 0.29) is 5.91 Å². The first-order chi connectivity index (χ1) is 10.7. The van der Waals surface area contributed by atoms with Gasteiger partial charge in [0.05, 0.1) is 18.7 Å². The summed E-state index contributed by atoms with van der Waals surface area (Å²) >= 11 is 0. The fourth-order valence-corrected chi connectivity index (χ4v) is 1.75. The highest BCUT2D eigenvalue weighted by atomic mass is 16.5. The number of hydrogen-bond donors (Lipinski definition) is 1. The highest BCUT2D eigenvalue weighted by Gasteiger charge is 2.07. The third-order valence-corrected chi connectivity index (χ3v) is 2.83. The summed E-state index contributed by atoms with van der Waals surface area (Å²) in [6, 6.07) is 13.8. The van der Waals surface area contributed by atoms with E-state index in [4.69, 9.17) is 14.7 Å². The van der Waals surface area contributed by atoms with Gasteiger partial charge in [0.2, 0.25) is 5.91 Å². The van der Waals surface area contributed by atoms with Crippen molar-refractivity contribution in [3.8, 4) is 23.3 Å². The zero-order valence-corrected chi connectivity index (χ0v) is 12.0. The average molecular weight is 294 g/mol. The van der Waals surface area contributed by atoms with Gasteiger partial charge in [-0.15, -0.1) is 0 Å². The normalized spacial score (nSPS) is 9.45. The molecule has 0 aliphatic rings. The molecule has 5 nitrogen and oxygen atoms in total. The van der Waals surface area contributed by atoms with Gasteiger partial charge in [0.1, 0.15) is 5.75 Å². The number of nitriles is 1. The molecule has 1 N–H and O–H groups in total. The lowest BCUT2D eigenvalue weighted by Crippen LogP contribution is -2.06. The Kier molecular flexibility index (Phi) is 4.78. The number of nitrogens with one attached hydrogen (secondary N) is 1. The van der Waals surface area contributed by atoms with Crippen LogP contribution in [0.25, 0.3) is 0 Å². The molecule has 0 spiro atoms. The van der Waals surface area contributed by atoms with Gasteiger partial charge < -0.3 is 14.8 Å². The fraction of sp³-hybridized carbons (Fsp3) is 0.0588. The highest BCUT2D eigenvalue weighted by Crippen LogP contribution is 2.32. The Morgan fingerprint density at radius 1 is 1.23 bits per heavy atom. The summed E-state index contributed by atoms with van der Waals surface area (Å²) in [5, 5.41) is 11.5. The molecule has 0 heterocycles. The van der Waals surface area contributed by atoms with Crippen LogP contribution in [0.15, 0.2) is 55.1 Å². The molecule has 0 bridgehead atoms. The molecule has 22 heavy (non-hydrogen) atoms. The van der Waals surface area contributed by atoms with Crippen molar-refractivity contribution >= 4 is 11.6 Å². The third kappa shape index (κ3) is 3.64. The van der Waals surface area contributed by atoms with Crippen LogP contribution >= 0.6 is 0 Å². The van der Waals surface area contributed by atoms with Crippen LogP contribution in [-0.4, -0.2) is 13.0 Å². The molecule has 0 radical (unpaired) electrons. The predicted octanol–water partition coefficient (Wildman–Crippen LogP) is 3.48.